The average molecular weight is 312 g/mol. The minimum absolute atomic E-state index is 0.275. The number of hydrogen-bond acceptors (Lipinski definition) is 7. The first-order valence-corrected chi connectivity index (χ1v) is 8.13. The van der Waals surface area contributed by atoms with Crippen LogP contribution in [0.4, 0.5) is 5.82 Å². The molecule has 0 radical (unpaired) electrons. The van der Waals surface area contributed by atoms with E-state index in [1.165, 1.54) is 27.8 Å². The van der Waals surface area contributed by atoms with Crippen LogP contribution in [0, 0.1) is 0 Å². The summed E-state index contributed by atoms with van der Waals surface area (Å²) in [6.45, 7) is 4.13. The van der Waals surface area contributed by atoms with Crippen molar-refractivity contribution in [2.45, 2.75) is 25.3 Å². The van der Waals surface area contributed by atoms with Crippen LogP contribution in [0.25, 0.3) is 5.13 Å². The van der Waals surface area contributed by atoms with E-state index in [2.05, 4.69) is 17.0 Å². The van der Waals surface area contributed by atoms with Gasteiger partial charge in [0.1, 0.15) is 16.4 Å². The van der Waals surface area contributed by atoms with Gasteiger partial charge >= 0.3 is 5.97 Å². The number of rotatable bonds is 6. The summed E-state index contributed by atoms with van der Waals surface area (Å²) in [6.07, 6.45) is 2.65. The molecule has 0 saturated heterocycles. The number of aromatic nitrogens is 3. The maximum atomic E-state index is 12.0. The Morgan fingerprint density at radius 3 is 2.95 bits per heavy atom. The van der Waals surface area contributed by atoms with E-state index in [4.69, 9.17) is 10.5 Å². The number of anilines is 1. The van der Waals surface area contributed by atoms with Crippen LogP contribution in [0.3, 0.4) is 0 Å². The fourth-order valence-corrected chi connectivity index (χ4v) is 3.04. The molecule has 2 N–H and O–H groups in total. The molecule has 0 amide bonds. The summed E-state index contributed by atoms with van der Waals surface area (Å²) in [5.74, 6) is 0.698. The zero-order valence-corrected chi connectivity index (χ0v) is 13.0. The van der Waals surface area contributed by atoms with E-state index in [-0.39, 0.29) is 5.82 Å². The largest absolute Gasteiger partial charge is 0.462 e. The van der Waals surface area contributed by atoms with Crippen molar-refractivity contribution in [1.29, 1.82) is 0 Å². The van der Waals surface area contributed by atoms with Gasteiger partial charge in [0.25, 0.3) is 0 Å². The number of carbonyl (C=O) groups excluding carboxylic acids is 1. The lowest BCUT2D eigenvalue weighted by atomic mass is 10.3. The Morgan fingerprint density at radius 1 is 1.55 bits per heavy atom. The van der Waals surface area contributed by atoms with Crippen LogP contribution in [-0.2, 0) is 4.74 Å². The van der Waals surface area contributed by atoms with Gasteiger partial charge in [-0.1, -0.05) is 6.92 Å². The summed E-state index contributed by atoms with van der Waals surface area (Å²) < 4.78 is 6.55. The van der Waals surface area contributed by atoms with Gasteiger partial charge in [0.05, 0.1) is 6.61 Å². The molecule has 0 saturated carbocycles. The van der Waals surface area contributed by atoms with Crippen LogP contribution < -0.4 is 5.73 Å². The van der Waals surface area contributed by atoms with Crippen molar-refractivity contribution in [3.8, 4) is 5.13 Å². The molecule has 0 aromatic carbocycles. The van der Waals surface area contributed by atoms with Gasteiger partial charge in [0, 0.05) is 11.6 Å². The third-order valence-electron chi connectivity index (χ3n) is 2.41. The molecular weight excluding hydrogens is 296 g/mol. The summed E-state index contributed by atoms with van der Waals surface area (Å²) in [4.78, 5) is 16.2. The number of thioether (sulfide) groups is 1. The molecule has 8 heteroatoms. The number of hydrogen-bond donors (Lipinski definition) is 1. The molecule has 0 atom stereocenters. The number of nitrogens with zero attached hydrogens (tertiary/aromatic N) is 3. The molecule has 2 aromatic heterocycles. The second-order valence-electron chi connectivity index (χ2n) is 3.86. The van der Waals surface area contributed by atoms with E-state index < -0.39 is 5.97 Å². The molecule has 0 aliphatic heterocycles. The van der Waals surface area contributed by atoms with Crippen LogP contribution in [0.1, 0.15) is 30.6 Å². The minimum atomic E-state index is -0.439. The molecule has 0 spiro atoms. The summed E-state index contributed by atoms with van der Waals surface area (Å²) in [5, 5.41) is 7.46. The number of nitrogens with two attached hydrogens (primary N) is 1. The van der Waals surface area contributed by atoms with E-state index in [0.717, 1.165) is 12.2 Å². The molecule has 2 aromatic rings. The van der Waals surface area contributed by atoms with Gasteiger partial charge in [-0.05, 0) is 19.1 Å². The Kier molecular flexibility index (Phi) is 5.02. The quantitative estimate of drug-likeness (QED) is 0.652. The lowest BCUT2D eigenvalue weighted by Crippen LogP contribution is -2.09. The Morgan fingerprint density at radius 2 is 2.35 bits per heavy atom. The van der Waals surface area contributed by atoms with Crippen molar-refractivity contribution in [2.24, 2.45) is 0 Å². The number of nitrogen functional groups attached to an aromatic ring is 1. The third kappa shape index (κ3) is 2.96. The predicted molar refractivity (Wildman–Crippen MR) is 80.6 cm³/mol. The van der Waals surface area contributed by atoms with Crippen LogP contribution in [0.2, 0.25) is 0 Å². The van der Waals surface area contributed by atoms with Crippen LogP contribution in [-0.4, -0.2) is 33.1 Å². The average Bonchev–Trinajstić information content (AvgIpc) is 3.04. The number of esters is 1. The topological polar surface area (TPSA) is 83.0 Å². The first kappa shape index (κ1) is 14.9. The molecule has 108 valence electrons. The van der Waals surface area contributed by atoms with Gasteiger partial charge in [-0.15, -0.1) is 23.1 Å². The molecule has 2 heterocycles. The highest BCUT2D eigenvalue weighted by atomic mass is 32.2. The molecule has 0 fully saturated rings. The first-order valence-electron chi connectivity index (χ1n) is 6.27. The summed E-state index contributed by atoms with van der Waals surface area (Å²) in [6, 6.07) is 0. The smallest absolute Gasteiger partial charge is 0.344 e. The lowest BCUT2D eigenvalue weighted by Gasteiger charge is -2.02. The molecule has 6 nitrogen and oxygen atoms in total. The van der Waals surface area contributed by atoms with Crippen LogP contribution in [0.5, 0.6) is 0 Å². The highest BCUT2D eigenvalue weighted by molar-refractivity contribution is 7.99. The normalized spacial score (nSPS) is 10.7. The highest BCUT2D eigenvalue weighted by Gasteiger charge is 2.24. The molecule has 0 bridgehead atoms. The number of ether oxygens (including phenoxy) is 1. The Bertz CT molecular complexity index is 581. The maximum absolute atomic E-state index is 12.0. The van der Waals surface area contributed by atoms with E-state index in [9.17, 15) is 4.79 Å². The van der Waals surface area contributed by atoms with Gasteiger partial charge in [0.15, 0.2) is 0 Å². The standard InChI is InChI=1S/C12H16N4O2S2/c1-3-6-19-10-8(11(17)18-4-2)9(13)16(15-10)12-14-5-7-20-12/h5,7H,3-4,6,13H2,1-2H3. The molecule has 0 aliphatic rings. The van der Waals surface area contributed by atoms with Crippen LogP contribution >= 0.6 is 23.1 Å². The fourth-order valence-electron chi connectivity index (χ4n) is 1.57. The predicted octanol–water partition coefficient (Wildman–Crippen LogP) is 2.59. The van der Waals surface area contributed by atoms with Gasteiger partial charge in [-0.25, -0.2) is 9.78 Å². The molecule has 0 aliphatic carbocycles. The second-order valence-corrected chi connectivity index (χ2v) is 5.82. The third-order valence-corrected chi connectivity index (χ3v) is 4.33. The zero-order chi connectivity index (χ0) is 14.5. The summed E-state index contributed by atoms with van der Waals surface area (Å²) in [5.41, 5.74) is 6.39. The first-order chi connectivity index (χ1) is 9.69. The minimum Gasteiger partial charge on any atom is -0.462 e. The van der Waals surface area contributed by atoms with Crippen molar-refractivity contribution in [1.82, 2.24) is 14.8 Å². The second kappa shape index (κ2) is 6.76. The van der Waals surface area contributed by atoms with Crippen molar-refractivity contribution in [2.75, 3.05) is 18.1 Å². The number of carbonyl (C=O) groups is 1. The Balaban J connectivity index is 2.43. The lowest BCUT2D eigenvalue weighted by molar-refractivity contribution is 0.0523. The van der Waals surface area contributed by atoms with Gasteiger partial charge in [-0.2, -0.15) is 9.78 Å². The molecular formula is C12H16N4O2S2. The maximum Gasteiger partial charge on any atom is 0.344 e. The Labute approximate surface area is 125 Å². The van der Waals surface area contributed by atoms with E-state index in [0.29, 0.717) is 22.3 Å². The van der Waals surface area contributed by atoms with E-state index in [1.54, 1.807) is 13.1 Å². The number of thiazole rings is 1. The fraction of sp³-hybridized carbons (Fsp3) is 0.417. The van der Waals surface area contributed by atoms with Crippen molar-refractivity contribution in [3.05, 3.63) is 17.1 Å². The molecule has 0 unspecified atom stereocenters. The molecule has 20 heavy (non-hydrogen) atoms. The van der Waals surface area contributed by atoms with Crippen molar-refractivity contribution >= 4 is 34.9 Å². The van der Waals surface area contributed by atoms with Gasteiger partial charge in [0.2, 0.25) is 5.13 Å². The van der Waals surface area contributed by atoms with Gasteiger partial charge in [-0.3, -0.25) is 0 Å². The summed E-state index contributed by atoms with van der Waals surface area (Å²) in [7, 11) is 0. The Hall–Kier alpha value is -1.54. The SMILES string of the molecule is CCCSc1nn(-c2nccs2)c(N)c1C(=O)OCC. The van der Waals surface area contributed by atoms with E-state index in [1.807, 2.05) is 5.38 Å². The van der Waals surface area contributed by atoms with E-state index >= 15 is 0 Å². The molecule has 2 rings (SSSR count). The monoisotopic (exact) mass is 312 g/mol. The summed E-state index contributed by atoms with van der Waals surface area (Å²) >= 11 is 2.91. The highest BCUT2D eigenvalue weighted by Crippen LogP contribution is 2.30. The van der Waals surface area contributed by atoms with Crippen molar-refractivity contribution in [3.63, 3.8) is 0 Å². The van der Waals surface area contributed by atoms with Gasteiger partial charge < -0.3 is 10.5 Å². The van der Waals surface area contributed by atoms with Crippen LogP contribution in [0.15, 0.2) is 16.6 Å². The zero-order valence-electron chi connectivity index (χ0n) is 11.3. The van der Waals surface area contributed by atoms with Crippen molar-refractivity contribution < 1.29 is 9.53 Å².